The van der Waals surface area contributed by atoms with Crippen LogP contribution in [-0.2, 0) is 16.0 Å². The van der Waals surface area contributed by atoms with Gasteiger partial charge >= 0.3 is 5.97 Å². The third-order valence-corrected chi connectivity index (χ3v) is 3.11. The number of carbonyl (C=O) groups is 1. The Morgan fingerprint density at radius 3 is 2.75 bits per heavy atom. The molecular formula is C13H16O3. The maximum Gasteiger partial charge on any atom is 0.312 e. The first kappa shape index (κ1) is 11.0. The Bertz CT molecular complexity index is 423. The highest BCUT2D eigenvalue weighted by Crippen LogP contribution is 2.33. The van der Waals surface area contributed by atoms with E-state index in [1.54, 1.807) is 0 Å². The summed E-state index contributed by atoms with van der Waals surface area (Å²) in [7, 11) is 1.42. The summed E-state index contributed by atoms with van der Waals surface area (Å²) in [6, 6.07) is 4.11. The Labute approximate surface area is 95.4 Å². The molecule has 0 saturated heterocycles. The molecule has 1 heterocycles. The second-order valence-electron chi connectivity index (χ2n) is 4.24. The van der Waals surface area contributed by atoms with E-state index in [4.69, 9.17) is 9.47 Å². The van der Waals surface area contributed by atoms with Crippen molar-refractivity contribution in [3.8, 4) is 5.75 Å². The summed E-state index contributed by atoms with van der Waals surface area (Å²) < 4.78 is 10.4. The smallest absolute Gasteiger partial charge is 0.312 e. The first-order chi connectivity index (χ1) is 7.63. The third-order valence-electron chi connectivity index (χ3n) is 3.11. The number of aryl methyl sites for hydroxylation is 2. The molecule has 0 aliphatic carbocycles. The molecule has 16 heavy (non-hydrogen) atoms. The summed E-state index contributed by atoms with van der Waals surface area (Å²) in [4.78, 5) is 11.5. The van der Waals surface area contributed by atoms with Gasteiger partial charge in [-0.1, -0.05) is 12.1 Å². The van der Waals surface area contributed by atoms with Crippen molar-refractivity contribution >= 4 is 5.97 Å². The predicted molar refractivity (Wildman–Crippen MR) is 60.6 cm³/mol. The van der Waals surface area contributed by atoms with Gasteiger partial charge < -0.3 is 9.47 Å². The van der Waals surface area contributed by atoms with E-state index in [0.29, 0.717) is 6.61 Å². The number of ether oxygens (including phenoxy) is 2. The van der Waals surface area contributed by atoms with E-state index in [9.17, 15) is 4.79 Å². The van der Waals surface area contributed by atoms with Gasteiger partial charge in [-0.15, -0.1) is 0 Å². The summed E-state index contributed by atoms with van der Waals surface area (Å²) in [5, 5.41) is 0. The molecule has 1 aliphatic rings. The van der Waals surface area contributed by atoms with Gasteiger partial charge in [0.05, 0.1) is 13.0 Å². The largest absolute Gasteiger partial charge is 0.492 e. The fourth-order valence-corrected chi connectivity index (χ4v) is 2.11. The first-order valence-electron chi connectivity index (χ1n) is 5.43. The number of esters is 1. The van der Waals surface area contributed by atoms with Crippen LogP contribution in [0.4, 0.5) is 0 Å². The fraction of sp³-hybridized carbons (Fsp3) is 0.462. The molecule has 0 saturated carbocycles. The minimum atomic E-state index is -0.188. The molecule has 1 unspecified atom stereocenters. The topological polar surface area (TPSA) is 35.5 Å². The van der Waals surface area contributed by atoms with Crippen molar-refractivity contribution in [2.75, 3.05) is 13.7 Å². The van der Waals surface area contributed by atoms with Gasteiger partial charge in [-0.3, -0.25) is 4.79 Å². The van der Waals surface area contributed by atoms with Crippen LogP contribution < -0.4 is 4.74 Å². The standard InChI is InChI=1S/C13H16O3/c1-8-4-5-9(2)12-11(8)6-10(7-16-12)13(14)15-3/h4-5,10H,6-7H2,1-3H3. The lowest BCUT2D eigenvalue weighted by atomic mass is 9.92. The normalized spacial score (nSPS) is 18.6. The number of carbonyl (C=O) groups excluding carboxylic acids is 1. The minimum absolute atomic E-state index is 0.169. The van der Waals surface area contributed by atoms with E-state index >= 15 is 0 Å². The third kappa shape index (κ3) is 1.77. The van der Waals surface area contributed by atoms with Gasteiger partial charge in [0.1, 0.15) is 12.4 Å². The molecule has 0 bridgehead atoms. The van der Waals surface area contributed by atoms with Crippen LogP contribution in [-0.4, -0.2) is 19.7 Å². The Hall–Kier alpha value is -1.51. The Kier molecular flexibility index (Phi) is 2.86. The van der Waals surface area contributed by atoms with E-state index in [2.05, 4.69) is 6.07 Å². The van der Waals surface area contributed by atoms with Crippen molar-refractivity contribution in [2.45, 2.75) is 20.3 Å². The highest BCUT2D eigenvalue weighted by molar-refractivity contribution is 5.73. The highest BCUT2D eigenvalue weighted by atomic mass is 16.5. The molecule has 0 radical (unpaired) electrons. The lowest BCUT2D eigenvalue weighted by Gasteiger charge is -2.26. The first-order valence-corrected chi connectivity index (χ1v) is 5.43. The molecule has 0 fully saturated rings. The molecule has 0 amide bonds. The molecule has 0 spiro atoms. The molecule has 3 nitrogen and oxygen atoms in total. The Morgan fingerprint density at radius 1 is 1.38 bits per heavy atom. The SMILES string of the molecule is COC(=O)C1COc2c(C)ccc(C)c2C1. The van der Waals surface area contributed by atoms with Crippen molar-refractivity contribution in [2.24, 2.45) is 5.92 Å². The van der Waals surface area contributed by atoms with Crippen LogP contribution in [0.25, 0.3) is 0 Å². The summed E-state index contributed by atoms with van der Waals surface area (Å²) in [6.07, 6.45) is 0.718. The average molecular weight is 220 g/mol. The van der Waals surface area contributed by atoms with E-state index in [1.165, 1.54) is 12.7 Å². The molecular weight excluding hydrogens is 204 g/mol. The summed E-state index contributed by atoms with van der Waals surface area (Å²) in [5.41, 5.74) is 3.44. The second-order valence-corrected chi connectivity index (χ2v) is 4.24. The number of hydrogen-bond acceptors (Lipinski definition) is 3. The van der Waals surface area contributed by atoms with Gasteiger partial charge in [0.2, 0.25) is 0 Å². The number of benzene rings is 1. The summed E-state index contributed by atoms with van der Waals surface area (Å²) in [6.45, 7) is 4.49. The van der Waals surface area contributed by atoms with Crippen LogP contribution in [0.5, 0.6) is 5.75 Å². The van der Waals surface area contributed by atoms with E-state index in [0.717, 1.165) is 23.3 Å². The lowest BCUT2D eigenvalue weighted by Crippen LogP contribution is -2.29. The highest BCUT2D eigenvalue weighted by Gasteiger charge is 2.28. The molecule has 2 rings (SSSR count). The van der Waals surface area contributed by atoms with Crippen molar-refractivity contribution in [3.63, 3.8) is 0 Å². The minimum Gasteiger partial charge on any atom is -0.492 e. The fourth-order valence-electron chi connectivity index (χ4n) is 2.11. The molecule has 0 N–H and O–H groups in total. The van der Waals surface area contributed by atoms with Gasteiger partial charge in [0.25, 0.3) is 0 Å². The monoisotopic (exact) mass is 220 g/mol. The second kappa shape index (κ2) is 4.16. The number of hydrogen-bond donors (Lipinski definition) is 0. The van der Waals surface area contributed by atoms with Gasteiger partial charge in [-0.25, -0.2) is 0 Å². The van der Waals surface area contributed by atoms with Crippen molar-refractivity contribution in [1.82, 2.24) is 0 Å². The molecule has 0 aromatic heterocycles. The zero-order chi connectivity index (χ0) is 11.7. The quantitative estimate of drug-likeness (QED) is 0.679. The van der Waals surface area contributed by atoms with Gasteiger partial charge in [-0.2, -0.15) is 0 Å². The van der Waals surface area contributed by atoms with Gasteiger partial charge in [0, 0.05) is 0 Å². The van der Waals surface area contributed by atoms with Gasteiger partial charge in [-0.05, 0) is 37.0 Å². The molecule has 1 aromatic rings. The molecule has 3 heteroatoms. The Morgan fingerprint density at radius 2 is 2.06 bits per heavy atom. The molecule has 1 aromatic carbocycles. The molecule has 1 atom stereocenters. The zero-order valence-corrected chi connectivity index (χ0v) is 9.87. The van der Waals surface area contributed by atoms with Crippen LogP contribution >= 0.6 is 0 Å². The maximum absolute atomic E-state index is 11.5. The zero-order valence-electron chi connectivity index (χ0n) is 9.87. The van der Waals surface area contributed by atoms with Crippen molar-refractivity contribution < 1.29 is 14.3 Å². The molecule has 86 valence electrons. The maximum atomic E-state index is 11.5. The summed E-state index contributed by atoms with van der Waals surface area (Å²) >= 11 is 0. The number of rotatable bonds is 1. The van der Waals surface area contributed by atoms with E-state index in [-0.39, 0.29) is 11.9 Å². The van der Waals surface area contributed by atoms with Crippen molar-refractivity contribution in [1.29, 1.82) is 0 Å². The van der Waals surface area contributed by atoms with E-state index in [1.807, 2.05) is 19.9 Å². The number of methoxy groups -OCH3 is 1. The van der Waals surface area contributed by atoms with E-state index < -0.39 is 0 Å². The van der Waals surface area contributed by atoms with Crippen LogP contribution in [0, 0.1) is 19.8 Å². The van der Waals surface area contributed by atoms with Gasteiger partial charge in [0.15, 0.2) is 0 Å². The van der Waals surface area contributed by atoms with Crippen molar-refractivity contribution in [3.05, 3.63) is 28.8 Å². The van der Waals surface area contributed by atoms with Crippen LogP contribution in [0.3, 0.4) is 0 Å². The Balaban J connectivity index is 2.33. The van der Waals surface area contributed by atoms with Crippen LogP contribution in [0.2, 0.25) is 0 Å². The average Bonchev–Trinajstić information content (AvgIpc) is 2.32. The number of fused-ring (bicyclic) bond motifs is 1. The van der Waals surface area contributed by atoms with Crippen LogP contribution in [0.1, 0.15) is 16.7 Å². The molecule has 1 aliphatic heterocycles. The predicted octanol–water partition coefficient (Wildman–Crippen LogP) is 2.03. The lowest BCUT2D eigenvalue weighted by molar-refractivity contribution is -0.146. The van der Waals surface area contributed by atoms with Crippen LogP contribution in [0.15, 0.2) is 12.1 Å². The summed E-state index contributed by atoms with van der Waals surface area (Å²) in [5.74, 6) is 0.588.